The van der Waals surface area contributed by atoms with E-state index in [0.717, 1.165) is 0 Å². The molecule has 0 saturated heterocycles. The van der Waals surface area contributed by atoms with E-state index in [2.05, 4.69) is 38.3 Å². The smallest absolute Gasteiger partial charge is 0.0489 e. The first-order valence-electron chi connectivity index (χ1n) is 4.80. The molecule has 0 N–H and O–H groups in total. The van der Waals surface area contributed by atoms with Crippen LogP contribution in [0.3, 0.4) is 0 Å². The number of hydrogen-bond donors (Lipinski definition) is 0. The molecule has 0 saturated carbocycles. The molecule has 0 atom stereocenters. The van der Waals surface area contributed by atoms with E-state index >= 15 is 0 Å². The van der Waals surface area contributed by atoms with E-state index in [0.29, 0.717) is 0 Å². The van der Waals surface area contributed by atoms with Crippen molar-refractivity contribution < 1.29 is 0 Å². The summed E-state index contributed by atoms with van der Waals surface area (Å²) in [5, 5.41) is 2.21. The molecule has 0 aliphatic heterocycles. The van der Waals surface area contributed by atoms with E-state index in [9.17, 15) is 0 Å². The minimum absolute atomic E-state index is 0.232. The van der Waals surface area contributed by atoms with Crippen molar-refractivity contribution >= 4 is 22.7 Å². The maximum atomic E-state index is 2.35. The lowest BCUT2D eigenvalue weighted by Crippen LogP contribution is -2.13. The third-order valence-corrected chi connectivity index (χ3v) is 5.20. The van der Waals surface area contributed by atoms with E-state index in [1.807, 2.05) is 22.7 Å². The Kier molecular flexibility index (Phi) is 1.55. The van der Waals surface area contributed by atoms with Gasteiger partial charge in [-0.25, -0.2) is 0 Å². The van der Waals surface area contributed by atoms with E-state index in [1.165, 1.54) is 25.8 Å². The summed E-state index contributed by atoms with van der Waals surface area (Å²) in [5.41, 5.74) is 3.28. The van der Waals surface area contributed by atoms with Crippen molar-refractivity contribution in [1.82, 2.24) is 0 Å². The van der Waals surface area contributed by atoms with Crippen LogP contribution in [0.2, 0.25) is 0 Å². The van der Waals surface area contributed by atoms with Gasteiger partial charge in [-0.15, -0.1) is 22.7 Å². The Morgan fingerprint density at radius 3 is 2.71 bits per heavy atom. The minimum Gasteiger partial charge on any atom is -0.143 e. The molecule has 3 rings (SSSR count). The van der Waals surface area contributed by atoms with Crippen molar-refractivity contribution in [3.63, 3.8) is 0 Å². The van der Waals surface area contributed by atoms with Gasteiger partial charge in [-0.05, 0) is 35.6 Å². The van der Waals surface area contributed by atoms with E-state index < -0.39 is 0 Å². The lowest BCUT2D eigenvalue weighted by atomic mass is 9.84. The number of rotatable bonds is 0. The monoisotopic (exact) mass is 220 g/mol. The largest absolute Gasteiger partial charge is 0.143 e. The molecule has 2 aromatic heterocycles. The second kappa shape index (κ2) is 2.50. The topological polar surface area (TPSA) is 0 Å². The van der Waals surface area contributed by atoms with Crippen LogP contribution in [0.4, 0.5) is 0 Å². The molecule has 1 aliphatic carbocycles. The summed E-state index contributed by atoms with van der Waals surface area (Å²) in [4.78, 5) is 4.45. The van der Waals surface area contributed by atoms with Gasteiger partial charge in [0.1, 0.15) is 0 Å². The average molecular weight is 220 g/mol. The fourth-order valence-electron chi connectivity index (χ4n) is 2.27. The summed E-state index contributed by atoms with van der Waals surface area (Å²) in [7, 11) is 0. The van der Waals surface area contributed by atoms with Gasteiger partial charge in [-0.1, -0.05) is 13.8 Å². The lowest BCUT2D eigenvalue weighted by molar-refractivity contribution is 0.663. The van der Waals surface area contributed by atoms with Crippen LogP contribution in [-0.2, 0) is 5.41 Å². The fourth-order valence-corrected chi connectivity index (χ4v) is 4.67. The zero-order valence-electron chi connectivity index (χ0n) is 8.55. The van der Waals surface area contributed by atoms with Gasteiger partial charge in [0.05, 0.1) is 0 Å². The van der Waals surface area contributed by atoms with Gasteiger partial charge in [0, 0.05) is 20.0 Å². The Morgan fingerprint density at radius 1 is 1.14 bits per heavy atom. The number of hydrogen-bond acceptors (Lipinski definition) is 2. The van der Waals surface area contributed by atoms with Gasteiger partial charge in [0.25, 0.3) is 0 Å². The molecule has 0 aromatic carbocycles. The molecule has 1 aliphatic rings. The Balaban J connectivity index is 2.40. The van der Waals surface area contributed by atoms with Gasteiger partial charge in [0.2, 0.25) is 0 Å². The standard InChI is InChI=1S/C12H12S2/c1-7-6-9-11(14-7)10-8(4-5-13-10)12(9,2)3/h4-6H,1-3H3. The molecule has 2 aromatic rings. The Bertz CT molecular complexity index is 500. The Hall–Kier alpha value is -0.600. The van der Waals surface area contributed by atoms with Crippen LogP contribution in [0.1, 0.15) is 29.9 Å². The van der Waals surface area contributed by atoms with Crippen molar-refractivity contribution in [2.75, 3.05) is 0 Å². The highest BCUT2D eigenvalue weighted by molar-refractivity contribution is 7.21. The van der Waals surface area contributed by atoms with Gasteiger partial charge in [0.15, 0.2) is 0 Å². The summed E-state index contributed by atoms with van der Waals surface area (Å²) < 4.78 is 0. The maximum Gasteiger partial charge on any atom is 0.0489 e. The molecular weight excluding hydrogens is 208 g/mol. The van der Waals surface area contributed by atoms with Gasteiger partial charge < -0.3 is 0 Å². The second-order valence-corrected chi connectivity index (χ2v) is 6.56. The maximum absolute atomic E-state index is 2.35. The summed E-state index contributed by atoms with van der Waals surface area (Å²) in [6.45, 7) is 6.86. The van der Waals surface area contributed by atoms with E-state index in [-0.39, 0.29) is 5.41 Å². The predicted molar refractivity (Wildman–Crippen MR) is 64.5 cm³/mol. The zero-order chi connectivity index (χ0) is 9.92. The molecule has 2 heteroatoms. The molecule has 0 unspecified atom stereocenters. The first-order valence-corrected chi connectivity index (χ1v) is 6.49. The molecule has 0 amide bonds. The van der Waals surface area contributed by atoms with Crippen molar-refractivity contribution in [2.45, 2.75) is 26.2 Å². The Morgan fingerprint density at radius 2 is 1.93 bits per heavy atom. The highest BCUT2D eigenvalue weighted by atomic mass is 32.1. The van der Waals surface area contributed by atoms with Crippen LogP contribution in [0.15, 0.2) is 17.5 Å². The normalized spacial score (nSPS) is 16.8. The molecule has 0 nitrogen and oxygen atoms in total. The molecule has 0 fully saturated rings. The third kappa shape index (κ3) is 0.882. The highest BCUT2D eigenvalue weighted by Crippen LogP contribution is 2.54. The number of aryl methyl sites for hydroxylation is 1. The molecule has 2 heterocycles. The van der Waals surface area contributed by atoms with Crippen LogP contribution in [-0.4, -0.2) is 0 Å². The van der Waals surface area contributed by atoms with E-state index in [1.54, 1.807) is 0 Å². The number of thiophene rings is 2. The van der Waals surface area contributed by atoms with Gasteiger partial charge in [-0.2, -0.15) is 0 Å². The molecule has 0 radical (unpaired) electrons. The van der Waals surface area contributed by atoms with Crippen molar-refractivity contribution in [3.05, 3.63) is 33.5 Å². The molecule has 0 spiro atoms. The SMILES string of the molecule is Cc1cc2c(s1)-c1sccc1C2(C)C. The summed E-state index contributed by atoms with van der Waals surface area (Å²) in [6, 6.07) is 4.63. The first kappa shape index (κ1) is 8.69. The van der Waals surface area contributed by atoms with Crippen LogP contribution < -0.4 is 0 Å². The van der Waals surface area contributed by atoms with Crippen molar-refractivity contribution in [1.29, 1.82) is 0 Å². The molecular formula is C12H12S2. The quantitative estimate of drug-likeness (QED) is 0.616. The van der Waals surface area contributed by atoms with Crippen LogP contribution in [0, 0.1) is 6.92 Å². The highest BCUT2D eigenvalue weighted by Gasteiger charge is 2.37. The molecule has 0 bridgehead atoms. The third-order valence-electron chi connectivity index (χ3n) is 3.07. The minimum atomic E-state index is 0.232. The first-order chi connectivity index (χ1) is 6.60. The fraction of sp³-hybridized carbons (Fsp3) is 0.333. The van der Waals surface area contributed by atoms with E-state index in [4.69, 9.17) is 0 Å². The summed E-state index contributed by atoms with van der Waals surface area (Å²) >= 11 is 3.82. The lowest BCUT2D eigenvalue weighted by Gasteiger charge is -2.18. The van der Waals surface area contributed by atoms with Crippen LogP contribution in [0.5, 0.6) is 0 Å². The second-order valence-electron chi connectivity index (χ2n) is 4.39. The molecule has 14 heavy (non-hydrogen) atoms. The van der Waals surface area contributed by atoms with Gasteiger partial charge >= 0.3 is 0 Å². The zero-order valence-corrected chi connectivity index (χ0v) is 10.2. The van der Waals surface area contributed by atoms with Crippen molar-refractivity contribution in [3.8, 4) is 9.75 Å². The average Bonchev–Trinajstić information content (AvgIpc) is 2.70. The van der Waals surface area contributed by atoms with Crippen LogP contribution in [0.25, 0.3) is 9.75 Å². The Labute approximate surface area is 92.2 Å². The molecule has 72 valence electrons. The number of fused-ring (bicyclic) bond motifs is 3. The van der Waals surface area contributed by atoms with Gasteiger partial charge in [-0.3, -0.25) is 0 Å². The van der Waals surface area contributed by atoms with Crippen molar-refractivity contribution in [2.24, 2.45) is 0 Å². The predicted octanol–water partition coefficient (Wildman–Crippen LogP) is 4.42. The summed E-state index contributed by atoms with van der Waals surface area (Å²) in [5.74, 6) is 0. The summed E-state index contributed by atoms with van der Waals surface area (Å²) in [6.07, 6.45) is 0. The van der Waals surface area contributed by atoms with Crippen LogP contribution >= 0.6 is 22.7 Å².